The van der Waals surface area contributed by atoms with Crippen molar-refractivity contribution in [1.29, 1.82) is 0 Å². The second kappa shape index (κ2) is 10.4. The van der Waals surface area contributed by atoms with Crippen LogP contribution in [-0.2, 0) is 12.7 Å². The molecule has 0 atom stereocenters. The molecular formula is C24H30F3N9. The largest absolute Gasteiger partial charge is 0.417 e. The van der Waals surface area contributed by atoms with E-state index in [1.807, 2.05) is 25.4 Å². The molecule has 36 heavy (non-hydrogen) atoms. The lowest BCUT2D eigenvalue weighted by Gasteiger charge is -2.21. The highest BCUT2D eigenvalue weighted by Gasteiger charge is 2.32. The van der Waals surface area contributed by atoms with E-state index in [0.29, 0.717) is 40.5 Å². The molecule has 0 saturated carbocycles. The van der Waals surface area contributed by atoms with Gasteiger partial charge in [-0.05, 0) is 44.8 Å². The number of aromatic nitrogens is 3. The van der Waals surface area contributed by atoms with Crippen molar-refractivity contribution in [2.45, 2.75) is 19.1 Å². The molecule has 0 amide bonds. The number of pyridine rings is 2. The highest BCUT2D eigenvalue weighted by molar-refractivity contribution is 5.98. The summed E-state index contributed by atoms with van der Waals surface area (Å²) in [6, 6.07) is 5.04. The van der Waals surface area contributed by atoms with Gasteiger partial charge >= 0.3 is 6.18 Å². The number of rotatable bonds is 8. The number of hydrogen-bond acceptors (Lipinski definition) is 8. The first kappa shape index (κ1) is 25.3. The number of anilines is 1. The number of nitrogens with two attached hydrogens (primary N) is 1. The van der Waals surface area contributed by atoms with Gasteiger partial charge in [0.1, 0.15) is 11.5 Å². The molecule has 4 rings (SSSR count). The molecule has 0 bridgehead atoms. The average molecular weight is 502 g/mol. The van der Waals surface area contributed by atoms with E-state index in [0.717, 1.165) is 43.2 Å². The van der Waals surface area contributed by atoms with E-state index < -0.39 is 11.7 Å². The van der Waals surface area contributed by atoms with Gasteiger partial charge in [-0.15, -0.1) is 0 Å². The summed E-state index contributed by atoms with van der Waals surface area (Å²) in [5.41, 5.74) is 8.05. The van der Waals surface area contributed by atoms with Crippen LogP contribution < -0.4 is 21.3 Å². The van der Waals surface area contributed by atoms with Crippen molar-refractivity contribution in [2.75, 3.05) is 45.7 Å². The molecular weight excluding hydrogens is 471 g/mol. The van der Waals surface area contributed by atoms with E-state index in [9.17, 15) is 13.2 Å². The molecule has 5 N–H and O–H groups in total. The molecule has 0 aromatic carbocycles. The Labute approximate surface area is 207 Å². The quantitative estimate of drug-likeness (QED) is 0.376. The zero-order valence-corrected chi connectivity index (χ0v) is 20.4. The zero-order chi connectivity index (χ0) is 25.9. The van der Waals surface area contributed by atoms with Gasteiger partial charge in [-0.2, -0.15) is 13.2 Å². The molecule has 0 unspecified atom stereocenters. The number of aliphatic imine (C=N–C) groups is 1. The van der Waals surface area contributed by atoms with E-state index in [1.165, 1.54) is 0 Å². The number of H-pyrrole nitrogens is 1. The van der Waals surface area contributed by atoms with Crippen LogP contribution >= 0.6 is 0 Å². The molecule has 0 spiro atoms. The summed E-state index contributed by atoms with van der Waals surface area (Å²) in [5, 5.41) is 6.66. The summed E-state index contributed by atoms with van der Waals surface area (Å²) in [4.78, 5) is 20.0. The van der Waals surface area contributed by atoms with E-state index in [-0.39, 0.29) is 6.54 Å². The molecule has 12 heteroatoms. The molecule has 9 nitrogen and oxygen atoms in total. The number of aromatic amines is 1. The molecule has 0 aliphatic carbocycles. The van der Waals surface area contributed by atoms with Crippen molar-refractivity contribution >= 4 is 28.5 Å². The van der Waals surface area contributed by atoms with Gasteiger partial charge < -0.3 is 31.2 Å². The van der Waals surface area contributed by atoms with Crippen molar-refractivity contribution in [2.24, 2.45) is 10.7 Å². The van der Waals surface area contributed by atoms with Crippen LogP contribution in [0.5, 0.6) is 0 Å². The second-order valence-corrected chi connectivity index (χ2v) is 8.97. The smallest absolute Gasteiger partial charge is 0.399 e. The van der Waals surface area contributed by atoms with E-state index in [4.69, 9.17) is 5.73 Å². The maximum atomic E-state index is 13.2. The Bertz CT molecular complexity index is 1260. The standard InChI is InChI=1S/C24H30F3N9/c1-35(2)7-4-8-36(3)20-6-5-15(10-29-20)11-32-23-33-14-19(28)21(34-23)18-13-31-22-17(18)9-16(12-30-22)24(25,26)27/h5-6,9-10,12-13H,4,7-8,11,14,28H2,1-3H3,(H,30,31)(H2,32,33,34). The fraction of sp³-hybridized carbons (Fsp3) is 0.375. The lowest BCUT2D eigenvalue weighted by atomic mass is 10.1. The van der Waals surface area contributed by atoms with Crippen LogP contribution in [0.15, 0.2) is 47.5 Å². The fourth-order valence-corrected chi connectivity index (χ4v) is 3.86. The molecule has 1 aliphatic rings. The van der Waals surface area contributed by atoms with Crippen LogP contribution in [0.1, 0.15) is 23.1 Å². The van der Waals surface area contributed by atoms with E-state index >= 15 is 0 Å². The lowest BCUT2D eigenvalue weighted by Crippen LogP contribution is -2.40. The summed E-state index contributed by atoms with van der Waals surface area (Å²) in [7, 11) is 6.13. The molecule has 4 heterocycles. The Morgan fingerprint density at radius 3 is 2.61 bits per heavy atom. The van der Waals surface area contributed by atoms with Crippen LogP contribution in [0.25, 0.3) is 16.7 Å². The second-order valence-electron chi connectivity index (χ2n) is 8.97. The summed E-state index contributed by atoms with van der Waals surface area (Å²) in [6.07, 6.45) is 0.762. The molecule has 192 valence electrons. The van der Waals surface area contributed by atoms with Crippen molar-refractivity contribution in [3.8, 4) is 0 Å². The first-order valence-electron chi connectivity index (χ1n) is 11.5. The number of halogens is 3. The molecule has 1 aliphatic heterocycles. The number of fused-ring (bicyclic) bond motifs is 1. The third-order valence-electron chi connectivity index (χ3n) is 5.86. The van der Waals surface area contributed by atoms with Gasteiger partial charge in [0.15, 0.2) is 5.96 Å². The van der Waals surface area contributed by atoms with Crippen molar-refractivity contribution in [1.82, 2.24) is 30.5 Å². The first-order chi connectivity index (χ1) is 17.1. The number of nitrogens with one attached hydrogen (secondary N) is 3. The summed E-state index contributed by atoms with van der Waals surface area (Å²) < 4.78 is 39.6. The third-order valence-corrected chi connectivity index (χ3v) is 5.86. The minimum absolute atomic E-state index is 0.207. The SMILES string of the molecule is CN(C)CCCN(C)c1ccc(CNC2=NCC(N)=C(c3c[nH]c4ncc(C(F)(F)F)cc34)N2)cn1. The lowest BCUT2D eigenvalue weighted by molar-refractivity contribution is -0.137. The fourth-order valence-electron chi connectivity index (χ4n) is 3.86. The Hall–Kier alpha value is -3.80. The van der Waals surface area contributed by atoms with Crippen LogP contribution in [-0.4, -0.2) is 66.6 Å². The van der Waals surface area contributed by atoms with Gasteiger partial charge in [0, 0.05) is 49.7 Å². The van der Waals surface area contributed by atoms with Crippen molar-refractivity contribution in [3.63, 3.8) is 0 Å². The molecule has 3 aromatic heterocycles. The normalized spacial score (nSPS) is 14.2. The van der Waals surface area contributed by atoms with E-state index in [1.54, 1.807) is 6.20 Å². The van der Waals surface area contributed by atoms with Gasteiger partial charge in [-0.3, -0.25) is 0 Å². The van der Waals surface area contributed by atoms with Crippen LogP contribution in [0.2, 0.25) is 0 Å². The minimum atomic E-state index is -4.49. The topological polar surface area (TPSA) is 110 Å². The van der Waals surface area contributed by atoms with Gasteiger partial charge in [0.05, 0.1) is 23.5 Å². The molecule has 0 saturated heterocycles. The predicted octanol–water partition coefficient (Wildman–Crippen LogP) is 2.74. The van der Waals surface area contributed by atoms with Gasteiger partial charge in [-0.25, -0.2) is 15.0 Å². The first-order valence-corrected chi connectivity index (χ1v) is 11.5. The number of hydrogen-bond donors (Lipinski definition) is 4. The maximum absolute atomic E-state index is 13.2. The van der Waals surface area contributed by atoms with Crippen LogP contribution in [0.3, 0.4) is 0 Å². The monoisotopic (exact) mass is 501 g/mol. The third kappa shape index (κ3) is 5.88. The molecule has 3 aromatic rings. The number of guanidine groups is 1. The van der Waals surface area contributed by atoms with Crippen molar-refractivity contribution < 1.29 is 13.2 Å². The Morgan fingerprint density at radius 1 is 1.11 bits per heavy atom. The Morgan fingerprint density at radius 2 is 1.92 bits per heavy atom. The zero-order valence-electron chi connectivity index (χ0n) is 20.4. The Kier molecular flexibility index (Phi) is 7.34. The van der Waals surface area contributed by atoms with Crippen LogP contribution in [0.4, 0.5) is 19.0 Å². The maximum Gasteiger partial charge on any atom is 0.417 e. The number of alkyl halides is 3. The highest BCUT2D eigenvalue weighted by atomic mass is 19.4. The van der Waals surface area contributed by atoms with Gasteiger partial charge in [0.2, 0.25) is 0 Å². The van der Waals surface area contributed by atoms with Crippen LogP contribution in [0, 0.1) is 0 Å². The minimum Gasteiger partial charge on any atom is -0.399 e. The summed E-state index contributed by atoms with van der Waals surface area (Å²) in [6.45, 7) is 2.60. The van der Waals surface area contributed by atoms with Gasteiger partial charge in [0.25, 0.3) is 0 Å². The summed E-state index contributed by atoms with van der Waals surface area (Å²) in [5.74, 6) is 1.37. The summed E-state index contributed by atoms with van der Waals surface area (Å²) >= 11 is 0. The van der Waals surface area contributed by atoms with Gasteiger partial charge in [-0.1, -0.05) is 6.07 Å². The van der Waals surface area contributed by atoms with E-state index in [2.05, 4.69) is 54.5 Å². The molecule has 0 radical (unpaired) electrons. The number of nitrogens with zero attached hydrogens (tertiary/aromatic N) is 5. The molecule has 0 fully saturated rings. The predicted molar refractivity (Wildman–Crippen MR) is 135 cm³/mol. The Balaban J connectivity index is 1.40. The van der Waals surface area contributed by atoms with Crippen molar-refractivity contribution in [3.05, 3.63) is 59.2 Å². The highest BCUT2D eigenvalue weighted by Crippen LogP contribution is 2.33. The average Bonchev–Trinajstić information content (AvgIpc) is 3.26.